The van der Waals surface area contributed by atoms with Gasteiger partial charge in [-0.1, -0.05) is 0 Å². The fraction of sp³-hybridized carbons (Fsp3) is 0.312. The van der Waals surface area contributed by atoms with E-state index in [2.05, 4.69) is 4.98 Å². The quantitative estimate of drug-likeness (QED) is 0.816. The summed E-state index contributed by atoms with van der Waals surface area (Å²) in [6.07, 6.45) is 0. The van der Waals surface area contributed by atoms with Crippen molar-refractivity contribution < 1.29 is 23.7 Å². The summed E-state index contributed by atoms with van der Waals surface area (Å²) in [5, 5.41) is 0. The fourth-order valence-corrected chi connectivity index (χ4v) is 1.92. The zero-order valence-corrected chi connectivity index (χ0v) is 13.3. The summed E-state index contributed by atoms with van der Waals surface area (Å²) < 4.78 is 27.1. The highest BCUT2D eigenvalue weighted by Gasteiger charge is 2.18. The smallest absolute Gasteiger partial charge is 0.263 e. The second kappa shape index (κ2) is 6.89. The van der Waals surface area contributed by atoms with E-state index in [1.54, 1.807) is 46.6 Å². The van der Waals surface area contributed by atoms with Gasteiger partial charge in [-0.2, -0.15) is 0 Å². The predicted molar refractivity (Wildman–Crippen MR) is 81.7 cm³/mol. The Morgan fingerprint density at radius 2 is 1.36 bits per heavy atom. The molecule has 0 aliphatic heterocycles. The lowest BCUT2D eigenvalue weighted by atomic mass is 10.2. The van der Waals surface area contributed by atoms with E-state index in [-0.39, 0.29) is 0 Å². The van der Waals surface area contributed by atoms with Gasteiger partial charge in [0, 0.05) is 17.8 Å². The molecule has 0 aliphatic rings. The molecule has 2 rings (SSSR count). The molecule has 0 radical (unpaired) electrons. The first-order chi connectivity index (χ1) is 10.6. The molecular weight excluding hydrogens is 286 g/mol. The van der Waals surface area contributed by atoms with Crippen LogP contribution in [0.15, 0.2) is 24.3 Å². The average Bonchev–Trinajstić information content (AvgIpc) is 2.55. The highest BCUT2D eigenvalue weighted by molar-refractivity contribution is 5.57. The number of benzene rings is 1. The molecule has 0 saturated carbocycles. The van der Waals surface area contributed by atoms with E-state index in [1.165, 1.54) is 0 Å². The number of pyridine rings is 1. The van der Waals surface area contributed by atoms with Gasteiger partial charge in [-0.3, -0.25) is 0 Å². The summed E-state index contributed by atoms with van der Waals surface area (Å²) in [6, 6.07) is 7.05. The van der Waals surface area contributed by atoms with Crippen molar-refractivity contribution in [3.63, 3.8) is 0 Å². The lowest BCUT2D eigenvalue weighted by Crippen LogP contribution is -1.99. The van der Waals surface area contributed by atoms with Crippen LogP contribution in [-0.4, -0.2) is 33.4 Å². The van der Waals surface area contributed by atoms with Crippen LogP contribution in [0, 0.1) is 6.92 Å². The van der Waals surface area contributed by atoms with Crippen LogP contribution < -0.4 is 23.7 Å². The highest BCUT2D eigenvalue weighted by Crippen LogP contribution is 2.44. The largest absolute Gasteiger partial charge is 0.496 e. The van der Waals surface area contributed by atoms with E-state index in [0.29, 0.717) is 34.6 Å². The number of aromatic nitrogens is 1. The van der Waals surface area contributed by atoms with E-state index in [9.17, 15) is 0 Å². The van der Waals surface area contributed by atoms with Crippen molar-refractivity contribution in [3.8, 4) is 34.6 Å². The average molecular weight is 305 g/mol. The van der Waals surface area contributed by atoms with Gasteiger partial charge in [0.05, 0.1) is 28.4 Å². The van der Waals surface area contributed by atoms with Crippen LogP contribution in [0.2, 0.25) is 0 Å². The van der Waals surface area contributed by atoms with Gasteiger partial charge in [0.1, 0.15) is 5.75 Å². The molecule has 0 fully saturated rings. The van der Waals surface area contributed by atoms with Gasteiger partial charge < -0.3 is 23.7 Å². The Kier molecular flexibility index (Phi) is 4.93. The third-order valence-corrected chi connectivity index (χ3v) is 3.05. The van der Waals surface area contributed by atoms with E-state index in [0.717, 1.165) is 5.69 Å². The van der Waals surface area contributed by atoms with Crippen molar-refractivity contribution >= 4 is 0 Å². The Balaban J connectivity index is 2.51. The highest BCUT2D eigenvalue weighted by atomic mass is 16.6. The van der Waals surface area contributed by atoms with Crippen LogP contribution in [-0.2, 0) is 0 Å². The summed E-state index contributed by atoms with van der Waals surface area (Å²) in [5.41, 5.74) is 0.808. The Hall–Kier alpha value is -2.63. The van der Waals surface area contributed by atoms with Gasteiger partial charge >= 0.3 is 0 Å². The molecule has 1 aromatic heterocycles. The zero-order chi connectivity index (χ0) is 16.1. The SMILES string of the molecule is COc1cc(OC)c(Oc2nc(C)ccc2OC)c(OC)c1. The third-order valence-electron chi connectivity index (χ3n) is 3.05. The predicted octanol–water partition coefficient (Wildman–Crippen LogP) is 3.22. The first-order valence-electron chi connectivity index (χ1n) is 6.62. The number of methoxy groups -OCH3 is 4. The Morgan fingerprint density at radius 3 is 1.86 bits per heavy atom. The lowest BCUT2D eigenvalue weighted by Gasteiger charge is -2.16. The monoisotopic (exact) mass is 305 g/mol. The third kappa shape index (κ3) is 3.16. The molecule has 0 amide bonds. The van der Waals surface area contributed by atoms with Crippen molar-refractivity contribution in [2.45, 2.75) is 6.92 Å². The minimum absolute atomic E-state index is 0.337. The molecular formula is C16H19NO5. The summed E-state index contributed by atoms with van der Waals surface area (Å²) in [6.45, 7) is 1.87. The van der Waals surface area contributed by atoms with Crippen molar-refractivity contribution in [2.75, 3.05) is 28.4 Å². The van der Waals surface area contributed by atoms with Crippen molar-refractivity contribution in [2.24, 2.45) is 0 Å². The van der Waals surface area contributed by atoms with Crippen LogP contribution in [0.3, 0.4) is 0 Å². The molecule has 6 nitrogen and oxygen atoms in total. The number of nitrogens with zero attached hydrogens (tertiary/aromatic N) is 1. The normalized spacial score (nSPS) is 10.0. The summed E-state index contributed by atoms with van der Waals surface area (Å²) in [5.74, 6) is 2.81. The number of ether oxygens (including phenoxy) is 5. The molecule has 0 N–H and O–H groups in total. The van der Waals surface area contributed by atoms with Crippen LogP contribution >= 0.6 is 0 Å². The molecule has 0 unspecified atom stereocenters. The first-order valence-corrected chi connectivity index (χ1v) is 6.62. The van der Waals surface area contributed by atoms with Crippen LogP contribution in [0.5, 0.6) is 34.6 Å². The van der Waals surface area contributed by atoms with Gasteiger partial charge in [-0.15, -0.1) is 0 Å². The molecule has 0 atom stereocenters. The fourth-order valence-electron chi connectivity index (χ4n) is 1.92. The minimum atomic E-state index is 0.337. The van der Waals surface area contributed by atoms with Gasteiger partial charge in [-0.05, 0) is 19.1 Å². The van der Waals surface area contributed by atoms with Crippen LogP contribution in [0.25, 0.3) is 0 Å². The maximum atomic E-state index is 5.88. The molecule has 0 aliphatic carbocycles. The molecule has 2 aromatic rings. The number of aryl methyl sites for hydroxylation is 1. The van der Waals surface area contributed by atoms with Gasteiger partial charge in [-0.25, -0.2) is 4.98 Å². The molecule has 1 heterocycles. The lowest BCUT2D eigenvalue weighted by molar-refractivity contribution is 0.321. The van der Waals surface area contributed by atoms with E-state index >= 15 is 0 Å². The topological polar surface area (TPSA) is 59.0 Å². The standard InChI is InChI=1S/C16H19NO5/c1-10-6-7-12(19-3)16(17-10)22-15-13(20-4)8-11(18-2)9-14(15)21-5/h6-9H,1-5H3. The molecule has 0 bridgehead atoms. The number of rotatable bonds is 6. The van der Waals surface area contributed by atoms with Gasteiger partial charge in [0.15, 0.2) is 17.2 Å². The zero-order valence-electron chi connectivity index (χ0n) is 13.3. The molecule has 1 aromatic carbocycles. The minimum Gasteiger partial charge on any atom is -0.496 e. The van der Waals surface area contributed by atoms with Crippen molar-refractivity contribution in [3.05, 3.63) is 30.0 Å². The second-order valence-corrected chi connectivity index (χ2v) is 4.42. The number of hydrogen-bond acceptors (Lipinski definition) is 6. The maximum absolute atomic E-state index is 5.88. The first kappa shape index (κ1) is 15.8. The van der Waals surface area contributed by atoms with E-state index in [4.69, 9.17) is 23.7 Å². The summed E-state index contributed by atoms with van der Waals surface area (Å²) in [4.78, 5) is 4.34. The molecule has 22 heavy (non-hydrogen) atoms. The Labute approximate surface area is 129 Å². The molecule has 118 valence electrons. The van der Waals surface area contributed by atoms with Crippen molar-refractivity contribution in [1.82, 2.24) is 4.98 Å². The molecule has 0 saturated heterocycles. The summed E-state index contributed by atoms with van der Waals surface area (Å²) in [7, 11) is 6.21. The Bertz CT molecular complexity index is 632. The number of hydrogen-bond donors (Lipinski definition) is 0. The van der Waals surface area contributed by atoms with Crippen LogP contribution in [0.4, 0.5) is 0 Å². The van der Waals surface area contributed by atoms with E-state index in [1.807, 2.05) is 13.0 Å². The maximum Gasteiger partial charge on any atom is 0.263 e. The summed E-state index contributed by atoms with van der Waals surface area (Å²) >= 11 is 0. The van der Waals surface area contributed by atoms with E-state index < -0.39 is 0 Å². The molecule has 6 heteroatoms. The Morgan fingerprint density at radius 1 is 0.773 bits per heavy atom. The van der Waals surface area contributed by atoms with Crippen LogP contribution in [0.1, 0.15) is 5.69 Å². The molecule has 0 spiro atoms. The van der Waals surface area contributed by atoms with Crippen molar-refractivity contribution in [1.29, 1.82) is 0 Å². The van der Waals surface area contributed by atoms with Gasteiger partial charge in [0.2, 0.25) is 5.75 Å². The second-order valence-electron chi connectivity index (χ2n) is 4.42. The van der Waals surface area contributed by atoms with Gasteiger partial charge in [0.25, 0.3) is 5.88 Å².